The molecule has 9 nitrogen and oxygen atoms in total. The van der Waals surface area contributed by atoms with Crippen molar-refractivity contribution in [2.45, 2.75) is 26.1 Å². The number of hydrogen-bond donors (Lipinski definition) is 0. The average molecular weight is 794 g/mol. The third-order valence-electron chi connectivity index (χ3n) is 8.62. The number of hydrazine groups is 1. The van der Waals surface area contributed by atoms with Gasteiger partial charge in [-0.05, 0) is 107 Å². The molecule has 0 aliphatic heterocycles. The SMILES string of the molecule is COc1ccc(CN(Cc2ccc(-c3ccnc(Cl)n3)s2)N(Cc2ccc(OC)cc2)C(=O)c2ccccc2Cc2ccc(-c3ccnc(Cl)n3)s2)cc1. The summed E-state index contributed by atoms with van der Waals surface area (Å²) in [4.78, 5) is 36.0. The molecule has 1 amide bonds. The maximum absolute atomic E-state index is 15.1. The average Bonchev–Trinajstić information content (AvgIpc) is 3.87. The van der Waals surface area contributed by atoms with Crippen molar-refractivity contribution in [3.8, 4) is 32.6 Å². The van der Waals surface area contributed by atoms with Crippen LogP contribution in [0.4, 0.5) is 0 Å². The second-order valence-electron chi connectivity index (χ2n) is 12.2. The summed E-state index contributed by atoms with van der Waals surface area (Å²) in [5, 5.41) is 4.35. The fourth-order valence-corrected chi connectivity index (χ4v) is 8.20. The van der Waals surface area contributed by atoms with Crippen molar-refractivity contribution in [2.75, 3.05) is 14.2 Å². The van der Waals surface area contributed by atoms with Crippen LogP contribution in [0.25, 0.3) is 21.1 Å². The predicted molar refractivity (Wildman–Crippen MR) is 215 cm³/mol. The normalized spacial score (nSPS) is 11.1. The summed E-state index contributed by atoms with van der Waals surface area (Å²) in [6.45, 7) is 1.23. The number of benzene rings is 3. The molecule has 0 spiro atoms. The number of ether oxygens (including phenoxy) is 2. The smallest absolute Gasteiger partial charge is 0.268 e. The van der Waals surface area contributed by atoms with Gasteiger partial charge in [-0.2, -0.15) is 0 Å². The molecular formula is C41H34Cl2N6O3S2. The van der Waals surface area contributed by atoms with Crippen LogP contribution in [0.15, 0.2) is 122 Å². The van der Waals surface area contributed by atoms with Gasteiger partial charge < -0.3 is 9.47 Å². The molecule has 0 saturated heterocycles. The standard InChI is InChI=1S/C41H34Cl2N6O3S2/c1-51-30-11-7-27(8-12-30)24-48(26-33-16-18-38(54-33)36-20-22-45-41(43)47-36)49(25-28-9-13-31(52-2)14-10-28)39(50)34-6-4-3-5-29(34)23-32-15-17-37(53-32)35-19-21-44-40(42)46-35/h3-22H,23-26H2,1-2H3. The van der Waals surface area contributed by atoms with Crippen molar-refractivity contribution in [3.63, 3.8) is 0 Å². The first-order valence-corrected chi connectivity index (χ1v) is 19.3. The molecule has 0 N–H and O–H groups in total. The topological polar surface area (TPSA) is 93.6 Å². The van der Waals surface area contributed by atoms with Gasteiger partial charge in [0.1, 0.15) is 11.5 Å². The van der Waals surface area contributed by atoms with E-state index in [9.17, 15) is 0 Å². The summed E-state index contributed by atoms with van der Waals surface area (Å²) in [7, 11) is 3.29. The van der Waals surface area contributed by atoms with Crippen LogP contribution in [0.3, 0.4) is 0 Å². The Morgan fingerprint density at radius 2 is 1.17 bits per heavy atom. The van der Waals surface area contributed by atoms with Crippen molar-refractivity contribution in [1.82, 2.24) is 30.0 Å². The van der Waals surface area contributed by atoms with E-state index in [2.05, 4.69) is 37.1 Å². The molecule has 0 bridgehead atoms. The number of carbonyl (C=O) groups excluding carboxylic acids is 1. The first-order valence-electron chi connectivity index (χ1n) is 16.9. The molecule has 4 heterocycles. The molecule has 13 heteroatoms. The van der Waals surface area contributed by atoms with Crippen LogP contribution in [0.5, 0.6) is 11.5 Å². The second kappa shape index (κ2) is 17.3. The molecule has 0 saturated carbocycles. The van der Waals surface area contributed by atoms with Gasteiger partial charge in [-0.3, -0.25) is 9.80 Å². The van der Waals surface area contributed by atoms with E-state index < -0.39 is 0 Å². The zero-order chi connectivity index (χ0) is 37.4. The van der Waals surface area contributed by atoms with E-state index in [1.807, 2.05) is 102 Å². The number of aromatic nitrogens is 4. The fourth-order valence-electron chi connectivity index (χ4n) is 5.92. The highest BCUT2D eigenvalue weighted by Crippen LogP contribution is 2.32. The van der Waals surface area contributed by atoms with Gasteiger partial charge in [0.2, 0.25) is 10.6 Å². The van der Waals surface area contributed by atoms with Gasteiger partial charge >= 0.3 is 0 Å². The molecule has 0 aliphatic carbocycles. The van der Waals surface area contributed by atoms with Gasteiger partial charge in [-0.25, -0.2) is 24.9 Å². The number of carbonyl (C=O) groups is 1. The fraction of sp³-hybridized carbons (Fsp3) is 0.146. The van der Waals surface area contributed by atoms with E-state index in [1.165, 1.54) is 0 Å². The second-order valence-corrected chi connectivity index (χ2v) is 15.2. The van der Waals surface area contributed by atoms with Gasteiger partial charge in [0, 0.05) is 40.7 Å². The van der Waals surface area contributed by atoms with Crippen LogP contribution >= 0.6 is 45.9 Å². The van der Waals surface area contributed by atoms with Gasteiger partial charge in [0.25, 0.3) is 5.91 Å². The lowest BCUT2D eigenvalue weighted by Crippen LogP contribution is -2.45. The molecule has 272 valence electrons. The van der Waals surface area contributed by atoms with Gasteiger partial charge in [-0.15, -0.1) is 22.7 Å². The Bertz CT molecular complexity index is 2350. The Labute approximate surface area is 331 Å². The van der Waals surface area contributed by atoms with Crippen molar-refractivity contribution < 1.29 is 14.3 Å². The quantitative estimate of drug-likeness (QED) is 0.0794. The van der Waals surface area contributed by atoms with Crippen molar-refractivity contribution >= 4 is 51.8 Å². The summed E-state index contributed by atoms with van der Waals surface area (Å²) in [5.74, 6) is 1.39. The largest absolute Gasteiger partial charge is 0.497 e. The third-order valence-corrected chi connectivity index (χ3v) is 11.2. The van der Waals surface area contributed by atoms with Crippen LogP contribution in [-0.2, 0) is 26.1 Å². The summed E-state index contributed by atoms with van der Waals surface area (Å²) < 4.78 is 10.9. The van der Waals surface area contributed by atoms with Crippen LogP contribution in [0.1, 0.15) is 36.8 Å². The van der Waals surface area contributed by atoms with Crippen LogP contribution in [0, 0.1) is 0 Å². The van der Waals surface area contributed by atoms with E-state index in [-0.39, 0.29) is 16.5 Å². The molecule has 0 aliphatic rings. The highest BCUT2D eigenvalue weighted by Gasteiger charge is 2.27. The Morgan fingerprint density at radius 3 is 1.74 bits per heavy atom. The minimum Gasteiger partial charge on any atom is -0.497 e. The van der Waals surface area contributed by atoms with Gasteiger partial charge in [0.15, 0.2) is 0 Å². The monoisotopic (exact) mass is 792 g/mol. The molecule has 7 aromatic rings. The molecule has 0 unspecified atom stereocenters. The number of halogens is 2. The van der Waals surface area contributed by atoms with Crippen molar-refractivity contribution in [1.29, 1.82) is 0 Å². The van der Waals surface area contributed by atoms with Crippen LogP contribution in [0.2, 0.25) is 10.6 Å². The van der Waals surface area contributed by atoms with Crippen LogP contribution in [-0.4, -0.2) is 50.1 Å². The minimum absolute atomic E-state index is 0.117. The molecule has 0 atom stereocenters. The molecule has 7 rings (SSSR count). The zero-order valence-electron chi connectivity index (χ0n) is 29.4. The zero-order valence-corrected chi connectivity index (χ0v) is 32.5. The van der Waals surface area contributed by atoms with Crippen molar-refractivity contribution in [2.24, 2.45) is 0 Å². The van der Waals surface area contributed by atoms with E-state index in [1.54, 1.807) is 49.3 Å². The molecule has 4 aromatic heterocycles. The summed E-state index contributed by atoms with van der Waals surface area (Å²) in [6, 6.07) is 35.4. The Morgan fingerprint density at radius 1 is 0.630 bits per heavy atom. The Kier molecular flexibility index (Phi) is 11.9. The highest BCUT2D eigenvalue weighted by molar-refractivity contribution is 7.15. The van der Waals surface area contributed by atoms with E-state index in [0.29, 0.717) is 31.6 Å². The van der Waals surface area contributed by atoms with E-state index in [4.69, 9.17) is 32.7 Å². The summed E-state index contributed by atoms with van der Waals surface area (Å²) in [6.07, 6.45) is 3.86. The van der Waals surface area contributed by atoms with Gasteiger partial charge in [0.05, 0.1) is 48.5 Å². The molecule has 0 radical (unpaired) electrons. The lowest BCUT2D eigenvalue weighted by Gasteiger charge is -2.35. The van der Waals surface area contributed by atoms with E-state index >= 15 is 4.79 Å². The molecular weight excluding hydrogens is 760 g/mol. The number of amides is 1. The Hall–Kier alpha value is -5.17. The number of methoxy groups -OCH3 is 2. The van der Waals surface area contributed by atoms with Gasteiger partial charge in [-0.1, -0.05) is 42.5 Å². The summed E-state index contributed by atoms with van der Waals surface area (Å²) in [5.41, 5.74) is 5.01. The first-order chi connectivity index (χ1) is 26.3. The van der Waals surface area contributed by atoms with Crippen molar-refractivity contribution in [3.05, 3.63) is 164 Å². The molecule has 0 fully saturated rings. The third kappa shape index (κ3) is 9.12. The predicted octanol–water partition coefficient (Wildman–Crippen LogP) is 9.90. The lowest BCUT2D eigenvalue weighted by atomic mass is 10.0. The lowest BCUT2D eigenvalue weighted by molar-refractivity contribution is -0.0274. The maximum Gasteiger partial charge on any atom is 0.268 e. The number of nitrogens with zero attached hydrogens (tertiary/aromatic N) is 6. The number of hydrogen-bond acceptors (Lipinski definition) is 10. The highest BCUT2D eigenvalue weighted by atomic mass is 35.5. The molecule has 3 aromatic carbocycles. The summed E-state index contributed by atoms with van der Waals surface area (Å²) >= 11 is 15.4. The molecule has 54 heavy (non-hydrogen) atoms. The van der Waals surface area contributed by atoms with Crippen LogP contribution < -0.4 is 9.47 Å². The number of thiophene rings is 2. The number of rotatable bonds is 14. The Balaban J connectivity index is 1.25. The minimum atomic E-state index is -0.117. The maximum atomic E-state index is 15.1. The first kappa shape index (κ1) is 37.2. The van der Waals surface area contributed by atoms with E-state index in [0.717, 1.165) is 59.1 Å².